The van der Waals surface area contributed by atoms with Gasteiger partial charge in [-0.05, 0) is 69.0 Å². The van der Waals surface area contributed by atoms with Crippen LogP contribution in [0.3, 0.4) is 0 Å². The van der Waals surface area contributed by atoms with Crippen molar-refractivity contribution in [2.75, 3.05) is 0 Å². The number of aliphatic imine (C=N–C) groups is 1. The molecule has 0 aliphatic carbocycles. The van der Waals surface area contributed by atoms with E-state index in [2.05, 4.69) is 9.98 Å². The highest BCUT2D eigenvalue weighted by atomic mass is 35.5. The lowest BCUT2D eigenvalue weighted by atomic mass is 9.99. The fraction of sp³-hybridized carbons (Fsp3) is 0.280. The van der Waals surface area contributed by atoms with Crippen molar-refractivity contribution in [1.82, 2.24) is 4.98 Å². The summed E-state index contributed by atoms with van der Waals surface area (Å²) in [6, 6.07) is 13.2. The van der Waals surface area contributed by atoms with Crippen molar-refractivity contribution in [2.24, 2.45) is 4.99 Å². The molecule has 6 heteroatoms. The summed E-state index contributed by atoms with van der Waals surface area (Å²) in [4.78, 5) is 8.95. The molecule has 0 N–H and O–H groups in total. The smallest absolute Gasteiger partial charge is 0.213 e. The van der Waals surface area contributed by atoms with Crippen molar-refractivity contribution in [1.29, 1.82) is 0 Å². The number of halogens is 3. The van der Waals surface area contributed by atoms with E-state index in [4.69, 9.17) is 16.3 Å². The quantitative estimate of drug-likeness (QED) is 0.430. The zero-order valence-corrected chi connectivity index (χ0v) is 18.4. The molecule has 1 atom stereocenters. The van der Waals surface area contributed by atoms with Crippen LogP contribution in [0, 0.1) is 11.6 Å². The SMILES string of the molecule is CC(C)(C)Oc1ccc(-c2ccc([C@H]3CCC(c4c(F)cccc4F)=N3)c(Cl)c2)cn1. The molecule has 2 heterocycles. The summed E-state index contributed by atoms with van der Waals surface area (Å²) in [5.74, 6) is -0.619. The number of pyridine rings is 1. The number of ether oxygens (including phenoxy) is 1. The van der Waals surface area contributed by atoms with Gasteiger partial charge in [0.2, 0.25) is 5.88 Å². The zero-order valence-electron chi connectivity index (χ0n) is 17.6. The van der Waals surface area contributed by atoms with E-state index < -0.39 is 11.6 Å². The Hall–Kier alpha value is -2.79. The topological polar surface area (TPSA) is 34.5 Å². The minimum Gasteiger partial charge on any atom is -0.472 e. The number of hydrogen-bond acceptors (Lipinski definition) is 3. The van der Waals surface area contributed by atoms with Gasteiger partial charge in [-0.1, -0.05) is 29.8 Å². The number of rotatable bonds is 4. The second-order valence-corrected chi connectivity index (χ2v) is 8.97. The van der Waals surface area contributed by atoms with Crippen molar-refractivity contribution in [3.8, 4) is 17.0 Å². The second-order valence-electron chi connectivity index (χ2n) is 8.56. The van der Waals surface area contributed by atoms with Crippen LogP contribution < -0.4 is 4.74 Å². The standard InChI is InChI=1S/C25H23ClF2N2O/c1-25(2,3)31-23-12-8-16(14-29-23)15-7-9-17(18(26)13-15)21-10-11-22(30-21)24-19(27)5-4-6-20(24)28/h4-9,12-14,21H,10-11H2,1-3H3/t21-/m1/s1. The molecule has 0 saturated heterocycles. The molecule has 0 spiro atoms. The number of nitrogens with zero attached hydrogens (tertiary/aromatic N) is 2. The molecule has 0 amide bonds. The van der Waals surface area contributed by atoms with Crippen molar-refractivity contribution in [3.63, 3.8) is 0 Å². The molecule has 0 fully saturated rings. The number of aromatic nitrogens is 1. The Labute approximate surface area is 185 Å². The fourth-order valence-corrected chi connectivity index (χ4v) is 3.99. The first-order chi connectivity index (χ1) is 14.7. The van der Waals surface area contributed by atoms with E-state index in [1.165, 1.54) is 18.2 Å². The molecule has 4 rings (SSSR count). The van der Waals surface area contributed by atoms with Crippen LogP contribution in [0.2, 0.25) is 5.02 Å². The van der Waals surface area contributed by atoms with Gasteiger partial charge in [-0.2, -0.15) is 0 Å². The van der Waals surface area contributed by atoms with Gasteiger partial charge < -0.3 is 4.74 Å². The molecule has 1 aliphatic rings. The van der Waals surface area contributed by atoms with E-state index in [9.17, 15) is 8.78 Å². The van der Waals surface area contributed by atoms with Crippen LogP contribution >= 0.6 is 11.6 Å². The monoisotopic (exact) mass is 440 g/mol. The van der Waals surface area contributed by atoms with E-state index in [-0.39, 0.29) is 17.2 Å². The zero-order chi connectivity index (χ0) is 22.2. The normalized spacial score (nSPS) is 16.3. The molecule has 0 bridgehead atoms. The highest BCUT2D eigenvalue weighted by molar-refractivity contribution is 6.31. The highest BCUT2D eigenvalue weighted by Gasteiger charge is 2.25. The molecule has 0 saturated carbocycles. The molecule has 0 radical (unpaired) electrons. The Kier molecular flexibility index (Phi) is 5.80. The average molecular weight is 441 g/mol. The maximum atomic E-state index is 14.1. The lowest BCUT2D eigenvalue weighted by molar-refractivity contribution is 0.124. The summed E-state index contributed by atoms with van der Waals surface area (Å²) >= 11 is 6.57. The number of benzene rings is 2. The van der Waals surface area contributed by atoms with E-state index >= 15 is 0 Å². The molecule has 0 unspecified atom stereocenters. The summed E-state index contributed by atoms with van der Waals surface area (Å²) < 4.78 is 34.0. The first-order valence-corrected chi connectivity index (χ1v) is 10.5. The van der Waals surface area contributed by atoms with Gasteiger partial charge in [0.05, 0.1) is 11.6 Å². The van der Waals surface area contributed by atoms with E-state index in [1.54, 1.807) is 6.20 Å². The third kappa shape index (κ3) is 4.77. The molecule has 3 aromatic rings. The predicted octanol–water partition coefficient (Wildman–Crippen LogP) is 7.18. The minimum absolute atomic E-state index is 0.0404. The molecule has 1 aliphatic heterocycles. The summed E-state index contributed by atoms with van der Waals surface area (Å²) in [7, 11) is 0. The van der Waals surface area contributed by atoms with Crippen LogP contribution in [0.5, 0.6) is 5.88 Å². The second kappa shape index (κ2) is 8.39. The molecular formula is C25H23ClF2N2O. The maximum absolute atomic E-state index is 14.1. The Morgan fingerprint density at radius 1 is 1.00 bits per heavy atom. The first kappa shape index (κ1) is 21.4. The van der Waals surface area contributed by atoms with Gasteiger partial charge in [0.1, 0.15) is 17.2 Å². The average Bonchev–Trinajstić information content (AvgIpc) is 3.16. The summed E-state index contributed by atoms with van der Waals surface area (Å²) in [5.41, 5.74) is 2.77. The van der Waals surface area contributed by atoms with Gasteiger partial charge in [0.15, 0.2) is 0 Å². The molecule has 3 nitrogen and oxygen atoms in total. The molecule has 2 aromatic carbocycles. The lowest BCUT2D eigenvalue weighted by Gasteiger charge is -2.20. The van der Waals surface area contributed by atoms with Gasteiger partial charge in [0.25, 0.3) is 0 Å². The van der Waals surface area contributed by atoms with Gasteiger partial charge in [0, 0.05) is 28.6 Å². The van der Waals surface area contributed by atoms with Crippen molar-refractivity contribution < 1.29 is 13.5 Å². The van der Waals surface area contributed by atoms with Crippen LogP contribution in [-0.4, -0.2) is 16.3 Å². The Morgan fingerprint density at radius 2 is 1.71 bits per heavy atom. The van der Waals surface area contributed by atoms with Crippen LogP contribution in [-0.2, 0) is 0 Å². The third-order valence-electron chi connectivity index (χ3n) is 5.06. The van der Waals surface area contributed by atoms with Crippen LogP contribution in [0.15, 0.2) is 59.7 Å². The predicted molar refractivity (Wildman–Crippen MR) is 120 cm³/mol. The van der Waals surface area contributed by atoms with Gasteiger partial charge in [-0.3, -0.25) is 4.99 Å². The number of hydrogen-bond donors (Lipinski definition) is 0. The van der Waals surface area contributed by atoms with Crippen molar-refractivity contribution in [3.05, 3.63) is 82.5 Å². The van der Waals surface area contributed by atoms with Crippen LogP contribution in [0.1, 0.15) is 50.8 Å². The minimum atomic E-state index is -0.591. The summed E-state index contributed by atoms with van der Waals surface area (Å²) in [6.45, 7) is 5.91. The summed E-state index contributed by atoms with van der Waals surface area (Å²) in [5, 5.41) is 0.566. The largest absolute Gasteiger partial charge is 0.472 e. The van der Waals surface area contributed by atoms with E-state index in [0.717, 1.165) is 16.7 Å². The maximum Gasteiger partial charge on any atom is 0.213 e. The van der Waals surface area contributed by atoms with Crippen LogP contribution in [0.25, 0.3) is 11.1 Å². The molecule has 1 aromatic heterocycles. The highest BCUT2D eigenvalue weighted by Crippen LogP contribution is 2.37. The fourth-order valence-electron chi connectivity index (χ4n) is 3.68. The van der Waals surface area contributed by atoms with Gasteiger partial charge in [-0.15, -0.1) is 0 Å². The molecule has 160 valence electrons. The van der Waals surface area contributed by atoms with E-state index in [1.807, 2.05) is 51.1 Å². The Bertz CT molecular complexity index is 1120. The van der Waals surface area contributed by atoms with Crippen LogP contribution in [0.4, 0.5) is 8.78 Å². The van der Waals surface area contributed by atoms with Crippen molar-refractivity contribution >= 4 is 17.3 Å². The first-order valence-electron chi connectivity index (χ1n) is 10.2. The van der Waals surface area contributed by atoms with Crippen molar-refractivity contribution in [2.45, 2.75) is 45.3 Å². The Morgan fingerprint density at radius 3 is 2.32 bits per heavy atom. The molecular weight excluding hydrogens is 418 g/mol. The lowest BCUT2D eigenvalue weighted by Crippen LogP contribution is -2.23. The van der Waals surface area contributed by atoms with Gasteiger partial charge in [-0.25, -0.2) is 13.8 Å². The summed E-state index contributed by atoms with van der Waals surface area (Å²) in [6.07, 6.45) is 2.90. The third-order valence-corrected chi connectivity index (χ3v) is 5.38. The van der Waals surface area contributed by atoms with E-state index in [0.29, 0.717) is 29.5 Å². The molecule has 31 heavy (non-hydrogen) atoms. The van der Waals surface area contributed by atoms with Gasteiger partial charge >= 0.3 is 0 Å². The Balaban J connectivity index is 1.56.